The molecule has 0 aliphatic heterocycles. The van der Waals surface area contributed by atoms with Gasteiger partial charge in [0.15, 0.2) is 0 Å². The summed E-state index contributed by atoms with van der Waals surface area (Å²) in [6.45, 7) is 2.02. The molecule has 1 heterocycles. The first kappa shape index (κ1) is 10.5. The number of aromatic amines is 1. The fourth-order valence-corrected chi connectivity index (χ4v) is 1.69. The lowest BCUT2D eigenvalue weighted by Crippen LogP contribution is -2.00. The molecule has 0 saturated carbocycles. The summed E-state index contributed by atoms with van der Waals surface area (Å²) in [4.78, 5) is 14.4. The van der Waals surface area contributed by atoms with Gasteiger partial charge in [0.05, 0.1) is 12.7 Å². The number of ether oxygens (including phenoxy) is 1. The molecule has 0 amide bonds. The Bertz CT molecular complexity index is 514. The SMILES string of the molecule is COC(=O)c1c[nH]cc1-c1cccc(C)c1. The van der Waals surface area contributed by atoms with Crippen molar-refractivity contribution in [3.63, 3.8) is 0 Å². The van der Waals surface area contributed by atoms with Crippen molar-refractivity contribution in [2.45, 2.75) is 6.92 Å². The summed E-state index contributed by atoms with van der Waals surface area (Å²) in [6, 6.07) is 8.00. The average molecular weight is 215 g/mol. The monoisotopic (exact) mass is 215 g/mol. The second-order valence-electron chi connectivity index (χ2n) is 3.64. The van der Waals surface area contributed by atoms with Crippen LogP contribution in [0.25, 0.3) is 11.1 Å². The van der Waals surface area contributed by atoms with E-state index in [4.69, 9.17) is 4.74 Å². The van der Waals surface area contributed by atoms with Crippen LogP contribution in [-0.2, 0) is 4.74 Å². The number of nitrogens with one attached hydrogen (secondary N) is 1. The Kier molecular flexibility index (Phi) is 2.77. The van der Waals surface area contributed by atoms with Gasteiger partial charge in [0.25, 0.3) is 0 Å². The summed E-state index contributed by atoms with van der Waals surface area (Å²) < 4.78 is 4.73. The number of esters is 1. The molecule has 0 unspecified atom stereocenters. The number of H-pyrrole nitrogens is 1. The number of carbonyl (C=O) groups is 1. The van der Waals surface area contributed by atoms with Crippen LogP contribution < -0.4 is 0 Å². The number of benzene rings is 1. The van der Waals surface area contributed by atoms with Gasteiger partial charge in [-0.25, -0.2) is 4.79 Å². The van der Waals surface area contributed by atoms with Crippen LogP contribution in [0.3, 0.4) is 0 Å². The van der Waals surface area contributed by atoms with E-state index in [-0.39, 0.29) is 5.97 Å². The molecule has 3 heteroatoms. The van der Waals surface area contributed by atoms with Gasteiger partial charge >= 0.3 is 5.97 Å². The Labute approximate surface area is 94.1 Å². The molecular weight excluding hydrogens is 202 g/mol. The molecule has 0 fully saturated rings. The maximum absolute atomic E-state index is 11.5. The molecule has 0 aliphatic rings. The smallest absolute Gasteiger partial charge is 0.340 e. The van der Waals surface area contributed by atoms with Crippen molar-refractivity contribution in [1.29, 1.82) is 0 Å². The van der Waals surface area contributed by atoms with Crippen molar-refractivity contribution in [2.75, 3.05) is 7.11 Å². The topological polar surface area (TPSA) is 42.1 Å². The van der Waals surface area contributed by atoms with Crippen LogP contribution in [0.15, 0.2) is 36.7 Å². The highest BCUT2D eigenvalue weighted by Crippen LogP contribution is 2.24. The van der Waals surface area contributed by atoms with Gasteiger partial charge in [-0.05, 0) is 12.5 Å². The van der Waals surface area contributed by atoms with Crippen molar-refractivity contribution in [3.05, 3.63) is 47.8 Å². The minimum Gasteiger partial charge on any atom is -0.465 e. The zero-order valence-electron chi connectivity index (χ0n) is 9.28. The predicted octanol–water partition coefficient (Wildman–Crippen LogP) is 2.78. The molecule has 3 nitrogen and oxygen atoms in total. The standard InChI is InChI=1S/C13H13NO2/c1-9-4-3-5-10(6-9)11-7-14-8-12(11)13(15)16-2/h3-8,14H,1-2H3. The number of hydrogen-bond acceptors (Lipinski definition) is 2. The predicted molar refractivity (Wildman–Crippen MR) is 62.3 cm³/mol. The van der Waals surface area contributed by atoms with E-state index in [2.05, 4.69) is 4.98 Å². The average Bonchev–Trinajstić information content (AvgIpc) is 2.77. The summed E-state index contributed by atoms with van der Waals surface area (Å²) >= 11 is 0. The fourth-order valence-electron chi connectivity index (χ4n) is 1.69. The second-order valence-corrected chi connectivity index (χ2v) is 3.64. The van der Waals surface area contributed by atoms with Gasteiger partial charge in [-0.15, -0.1) is 0 Å². The van der Waals surface area contributed by atoms with E-state index in [1.807, 2.05) is 31.2 Å². The van der Waals surface area contributed by atoms with Gasteiger partial charge in [-0.3, -0.25) is 0 Å². The van der Waals surface area contributed by atoms with Crippen molar-refractivity contribution >= 4 is 5.97 Å². The largest absolute Gasteiger partial charge is 0.465 e. The summed E-state index contributed by atoms with van der Waals surface area (Å²) in [5.41, 5.74) is 3.61. The Morgan fingerprint density at radius 2 is 2.12 bits per heavy atom. The van der Waals surface area contributed by atoms with E-state index in [0.717, 1.165) is 16.7 Å². The van der Waals surface area contributed by atoms with E-state index in [1.165, 1.54) is 7.11 Å². The van der Waals surface area contributed by atoms with Crippen LogP contribution in [0.4, 0.5) is 0 Å². The van der Waals surface area contributed by atoms with E-state index in [1.54, 1.807) is 12.4 Å². The normalized spacial score (nSPS) is 10.1. The summed E-state index contributed by atoms with van der Waals surface area (Å²) in [6.07, 6.45) is 3.46. The molecule has 0 spiro atoms. The third-order valence-corrected chi connectivity index (χ3v) is 2.48. The van der Waals surface area contributed by atoms with E-state index in [9.17, 15) is 4.79 Å². The van der Waals surface area contributed by atoms with Gasteiger partial charge in [-0.1, -0.05) is 29.8 Å². The third kappa shape index (κ3) is 1.84. The minimum atomic E-state index is -0.322. The van der Waals surface area contributed by atoms with Crippen LogP contribution >= 0.6 is 0 Å². The van der Waals surface area contributed by atoms with Crippen molar-refractivity contribution in [1.82, 2.24) is 4.98 Å². The lowest BCUT2D eigenvalue weighted by Gasteiger charge is -2.03. The van der Waals surface area contributed by atoms with Crippen LogP contribution in [-0.4, -0.2) is 18.1 Å². The van der Waals surface area contributed by atoms with Gasteiger partial charge in [0, 0.05) is 18.0 Å². The first-order chi connectivity index (χ1) is 7.72. The van der Waals surface area contributed by atoms with Gasteiger partial charge in [-0.2, -0.15) is 0 Å². The van der Waals surface area contributed by atoms with E-state index in [0.29, 0.717) is 5.56 Å². The number of hydrogen-bond donors (Lipinski definition) is 1. The second kappa shape index (κ2) is 4.23. The van der Waals surface area contributed by atoms with E-state index < -0.39 is 0 Å². The van der Waals surface area contributed by atoms with Crippen LogP contribution in [0.5, 0.6) is 0 Å². The number of carbonyl (C=O) groups excluding carboxylic acids is 1. The molecule has 0 atom stereocenters. The molecule has 0 saturated heterocycles. The summed E-state index contributed by atoms with van der Waals surface area (Å²) in [5.74, 6) is -0.322. The Hall–Kier alpha value is -2.03. The van der Waals surface area contributed by atoms with Crippen molar-refractivity contribution < 1.29 is 9.53 Å². The number of aryl methyl sites for hydroxylation is 1. The first-order valence-corrected chi connectivity index (χ1v) is 5.04. The maximum atomic E-state index is 11.5. The molecule has 0 bridgehead atoms. The van der Waals surface area contributed by atoms with Crippen LogP contribution in [0, 0.1) is 6.92 Å². The highest BCUT2D eigenvalue weighted by atomic mass is 16.5. The third-order valence-electron chi connectivity index (χ3n) is 2.48. The molecule has 16 heavy (non-hydrogen) atoms. The highest BCUT2D eigenvalue weighted by molar-refractivity contribution is 5.97. The van der Waals surface area contributed by atoms with Crippen molar-refractivity contribution in [3.8, 4) is 11.1 Å². The zero-order valence-corrected chi connectivity index (χ0v) is 9.28. The maximum Gasteiger partial charge on any atom is 0.340 e. The Balaban J connectivity index is 2.48. The molecular formula is C13H13NO2. The minimum absolute atomic E-state index is 0.322. The number of rotatable bonds is 2. The lowest BCUT2D eigenvalue weighted by atomic mass is 10.0. The quantitative estimate of drug-likeness (QED) is 0.783. The zero-order chi connectivity index (χ0) is 11.5. The van der Waals surface area contributed by atoms with Crippen molar-refractivity contribution in [2.24, 2.45) is 0 Å². The molecule has 1 aromatic carbocycles. The molecule has 1 N–H and O–H groups in total. The molecule has 2 aromatic rings. The first-order valence-electron chi connectivity index (χ1n) is 5.04. The van der Waals surface area contributed by atoms with Crippen LogP contribution in [0.2, 0.25) is 0 Å². The fraction of sp³-hybridized carbons (Fsp3) is 0.154. The van der Waals surface area contributed by atoms with Gasteiger partial charge in [0.2, 0.25) is 0 Å². The Morgan fingerprint density at radius 3 is 2.81 bits per heavy atom. The van der Waals surface area contributed by atoms with Crippen LogP contribution in [0.1, 0.15) is 15.9 Å². The highest BCUT2D eigenvalue weighted by Gasteiger charge is 2.13. The number of aromatic nitrogens is 1. The summed E-state index contributed by atoms with van der Waals surface area (Å²) in [5, 5.41) is 0. The Morgan fingerprint density at radius 1 is 1.31 bits per heavy atom. The molecule has 0 aliphatic carbocycles. The molecule has 1 aromatic heterocycles. The van der Waals surface area contributed by atoms with Gasteiger partial charge < -0.3 is 9.72 Å². The van der Waals surface area contributed by atoms with E-state index >= 15 is 0 Å². The molecule has 0 radical (unpaired) electrons. The molecule has 82 valence electrons. The lowest BCUT2D eigenvalue weighted by molar-refractivity contribution is 0.0602. The molecule has 2 rings (SSSR count). The summed E-state index contributed by atoms with van der Waals surface area (Å²) in [7, 11) is 1.38. The van der Waals surface area contributed by atoms with Gasteiger partial charge in [0.1, 0.15) is 0 Å². The number of methoxy groups -OCH3 is 1.